The fourth-order valence-electron chi connectivity index (χ4n) is 3.12. The molecule has 0 aromatic heterocycles. The Morgan fingerprint density at radius 3 is 1.96 bits per heavy atom. The van der Waals surface area contributed by atoms with Gasteiger partial charge >= 0.3 is 6.09 Å². The Hall–Kier alpha value is -1.25. The number of rotatable bonds is 15. The van der Waals surface area contributed by atoms with E-state index in [0.717, 1.165) is 19.3 Å². The molecule has 0 aliphatic heterocycles. The van der Waals surface area contributed by atoms with Crippen molar-refractivity contribution in [1.29, 1.82) is 0 Å². The van der Waals surface area contributed by atoms with Crippen LogP contribution in [0.25, 0.3) is 0 Å². The maximum absolute atomic E-state index is 12.5. The molecule has 26 heavy (non-hydrogen) atoms. The number of unbranched alkanes of at least 4 members (excludes halogenated alkanes) is 8. The number of carbonyl (C=O) groups is 1. The van der Waals surface area contributed by atoms with Crippen LogP contribution in [0, 0.1) is 0 Å². The van der Waals surface area contributed by atoms with E-state index < -0.39 is 5.60 Å². The smallest absolute Gasteiger partial charge is 0.410 e. The van der Waals surface area contributed by atoms with Crippen LogP contribution < -0.4 is 0 Å². The van der Waals surface area contributed by atoms with Gasteiger partial charge in [-0.05, 0) is 33.6 Å². The van der Waals surface area contributed by atoms with Crippen LogP contribution in [0.1, 0.15) is 98.3 Å². The van der Waals surface area contributed by atoms with E-state index in [0.29, 0.717) is 6.54 Å². The Kier molecular flexibility index (Phi) is 14.2. The highest BCUT2D eigenvalue weighted by molar-refractivity contribution is 5.68. The molecule has 0 aromatic carbocycles. The Morgan fingerprint density at radius 2 is 1.50 bits per heavy atom. The normalized spacial score (nSPS) is 12.5. The van der Waals surface area contributed by atoms with Crippen molar-refractivity contribution in [3.63, 3.8) is 0 Å². The molecule has 1 amide bonds. The lowest BCUT2D eigenvalue weighted by Gasteiger charge is -2.32. The third-order valence-electron chi connectivity index (χ3n) is 4.47. The summed E-state index contributed by atoms with van der Waals surface area (Å²) in [6.45, 7) is 16.1. The van der Waals surface area contributed by atoms with Gasteiger partial charge in [-0.25, -0.2) is 4.79 Å². The third kappa shape index (κ3) is 13.0. The van der Waals surface area contributed by atoms with Gasteiger partial charge in [-0.15, -0.1) is 13.2 Å². The molecule has 0 rings (SSSR count). The van der Waals surface area contributed by atoms with Crippen molar-refractivity contribution in [2.75, 3.05) is 6.54 Å². The standard InChI is InChI=1S/C23H43NO2/c1-7-10-11-12-13-14-15-16-17-19-21(18-8-2)24(20-9-3)22(25)26-23(4,5)6/h8-9,21H,2-3,7,10-20H2,1,4-6H3/t21-/m1/s1. The maximum Gasteiger partial charge on any atom is 0.410 e. The van der Waals surface area contributed by atoms with Crippen LogP contribution in [-0.4, -0.2) is 29.2 Å². The minimum atomic E-state index is -0.479. The van der Waals surface area contributed by atoms with Crippen LogP contribution in [0.5, 0.6) is 0 Å². The van der Waals surface area contributed by atoms with E-state index in [-0.39, 0.29) is 12.1 Å². The van der Waals surface area contributed by atoms with Crippen LogP contribution in [-0.2, 0) is 4.74 Å². The number of ether oxygens (including phenoxy) is 1. The SMILES string of the molecule is C=CC[C@H](CCCCCCCCCCC)N(CC=C)C(=O)OC(C)(C)C. The Balaban J connectivity index is 4.33. The molecule has 0 aliphatic rings. The molecule has 0 heterocycles. The zero-order valence-electron chi connectivity index (χ0n) is 17.9. The van der Waals surface area contributed by atoms with E-state index >= 15 is 0 Å². The van der Waals surface area contributed by atoms with Gasteiger partial charge in [0, 0.05) is 12.6 Å². The van der Waals surface area contributed by atoms with Crippen molar-refractivity contribution in [3.05, 3.63) is 25.3 Å². The summed E-state index contributed by atoms with van der Waals surface area (Å²) in [4.78, 5) is 14.4. The number of hydrogen-bond acceptors (Lipinski definition) is 2. The summed E-state index contributed by atoms with van der Waals surface area (Å²) < 4.78 is 5.58. The zero-order chi connectivity index (χ0) is 19.8. The molecule has 0 unspecified atom stereocenters. The average molecular weight is 366 g/mol. The number of carbonyl (C=O) groups excluding carboxylic acids is 1. The Labute approximate surface area is 162 Å². The average Bonchev–Trinajstić information content (AvgIpc) is 2.55. The van der Waals surface area contributed by atoms with Crippen molar-refractivity contribution in [2.24, 2.45) is 0 Å². The topological polar surface area (TPSA) is 29.5 Å². The second kappa shape index (κ2) is 14.9. The molecule has 0 saturated carbocycles. The van der Waals surface area contributed by atoms with Crippen LogP contribution in [0.15, 0.2) is 25.3 Å². The first-order valence-electron chi connectivity index (χ1n) is 10.6. The van der Waals surface area contributed by atoms with Gasteiger partial charge < -0.3 is 9.64 Å². The third-order valence-corrected chi connectivity index (χ3v) is 4.47. The van der Waals surface area contributed by atoms with Crippen molar-refractivity contribution < 1.29 is 9.53 Å². The van der Waals surface area contributed by atoms with Gasteiger partial charge in [-0.1, -0.05) is 76.9 Å². The number of amides is 1. The molecule has 0 radical (unpaired) electrons. The number of hydrogen-bond donors (Lipinski definition) is 0. The molecule has 0 aliphatic carbocycles. The summed E-state index contributed by atoms with van der Waals surface area (Å²) in [5, 5.41) is 0. The molecule has 0 fully saturated rings. The number of nitrogens with zero attached hydrogens (tertiary/aromatic N) is 1. The molecular formula is C23H43NO2. The van der Waals surface area contributed by atoms with Gasteiger partial charge in [-0.3, -0.25) is 0 Å². The minimum absolute atomic E-state index is 0.143. The van der Waals surface area contributed by atoms with Crippen molar-refractivity contribution >= 4 is 6.09 Å². The summed E-state index contributed by atoms with van der Waals surface area (Å²) in [6, 6.07) is 0.143. The maximum atomic E-state index is 12.5. The van der Waals surface area contributed by atoms with Crippen LogP contribution in [0.3, 0.4) is 0 Å². The van der Waals surface area contributed by atoms with Gasteiger partial charge in [0.2, 0.25) is 0 Å². The Morgan fingerprint density at radius 1 is 0.962 bits per heavy atom. The molecule has 3 nitrogen and oxygen atoms in total. The molecule has 0 aromatic rings. The van der Waals surface area contributed by atoms with E-state index in [1.807, 2.05) is 31.7 Å². The molecule has 1 atom stereocenters. The van der Waals surface area contributed by atoms with Gasteiger partial charge in [0.05, 0.1) is 0 Å². The van der Waals surface area contributed by atoms with Gasteiger partial charge in [0.1, 0.15) is 5.60 Å². The largest absolute Gasteiger partial charge is 0.444 e. The molecule has 0 bridgehead atoms. The van der Waals surface area contributed by atoms with Gasteiger partial charge in [0.15, 0.2) is 0 Å². The monoisotopic (exact) mass is 365 g/mol. The molecule has 0 N–H and O–H groups in total. The second-order valence-corrected chi connectivity index (χ2v) is 8.22. The summed E-state index contributed by atoms with van der Waals surface area (Å²) in [5.74, 6) is 0. The van der Waals surface area contributed by atoms with E-state index in [2.05, 4.69) is 20.1 Å². The summed E-state index contributed by atoms with van der Waals surface area (Å²) >= 11 is 0. The predicted molar refractivity (Wildman–Crippen MR) is 114 cm³/mol. The zero-order valence-corrected chi connectivity index (χ0v) is 17.9. The highest BCUT2D eigenvalue weighted by Crippen LogP contribution is 2.19. The fourth-order valence-corrected chi connectivity index (χ4v) is 3.12. The van der Waals surface area contributed by atoms with Crippen LogP contribution in [0.4, 0.5) is 4.79 Å². The first-order valence-corrected chi connectivity index (χ1v) is 10.6. The summed E-state index contributed by atoms with van der Waals surface area (Å²) in [5.41, 5.74) is -0.479. The fraction of sp³-hybridized carbons (Fsp3) is 0.783. The highest BCUT2D eigenvalue weighted by Gasteiger charge is 2.26. The lowest BCUT2D eigenvalue weighted by atomic mass is 10.0. The first-order chi connectivity index (χ1) is 12.4. The Bertz CT molecular complexity index is 384. The predicted octanol–water partition coefficient (Wildman–Crippen LogP) is 7.28. The summed E-state index contributed by atoms with van der Waals surface area (Å²) in [6.07, 6.45) is 17.0. The highest BCUT2D eigenvalue weighted by atomic mass is 16.6. The van der Waals surface area contributed by atoms with Gasteiger partial charge in [-0.2, -0.15) is 0 Å². The molecule has 0 saturated heterocycles. The van der Waals surface area contributed by atoms with Crippen LogP contribution in [0.2, 0.25) is 0 Å². The quantitative estimate of drug-likeness (QED) is 0.225. The molecule has 152 valence electrons. The molecule has 0 spiro atoms. The first kappa shape index (κ1) is 24.8. The molecular weight excluding hydrogens is 322 g/mol. The van der Waals surface area contributed by atoms with E-state index in [4.69, 9.17) is 4.74 Å². The van der Waals surface area contributed by atoms with Crippen molar-refractivity contribution in [3.8, 4) is 0 Å². The van der Waals surface area contributed by atoms with E-state index in [1.165, 1.54) is 51.4 Å². The van der Waals surface area contributed by atoms with Crippen molar-refractivity contribution in [1.82, 2.24) is 4.90 Å². The lowest BCUT2D eigenvalue weighted by Crippen LogP contribution is -2.43. The van der Waals surface area contributed by atoms with Crippen LogP contribution >= 0.6 is 0 Å². The molecule has 3 heteroatoms. The summed E-state index contributed by atoms with van der Waals surface area (Å²) in [7, 11) is 0. The minimum Gasteiger partial charge on any atom is -0.444 e. The lowest BCUT2D eigenvalue weighted by molar-refractivity contribution is 0.0179. The van der Waals surface area contributed by atoms with Gasteiger partial charge in [0.25, 0.3) is 0 Å². The second-order valence-electron chi connectivity index (χ2n) is 8.22. The van der Waals surface area contributed by atoms with E-state index in [9.17, 15) is 4.79 Å². The van der Waals surface area contributed by atoms with E-state index in [1.54, 1.807) is 6.08 Å². The van der Waals surface area contributed by atoms with Crippen molar-refractivity contribution in [2.45, 2.75) is 110 Å².